The molecule has 0 bridgehead atoms. The van der Waals surface area contributed by atoms with E-state index in [0.29, 0.717) is 0 Å². The van der Waals surface area contributed by atoms with E-state index in [2.05, 4.69) is 29.4 Å². The molecule has 2 rings (SSSR count). The van der Waals surface area contributed by atoms with Gasteiger partial charge in [-0.3, -0.25) is 9.79 Å². The van der Waals surface area contributed by atoms with Crippen LogP contribution in [0.4, 0.5) is 0 Å². The van der Waals surface area contributed by atoms with Gasteiger partial charge in [-0.15, -0.1) is 11.8 Å². The smallest absolute Gasteiger partial charge is 0.245 e. The Bertz CT molecular complexity index is 573. The minimum atomic E-state index is -0.225. The van der Waals surface area contributed by atoms with Crippen LogP contribution < -0.4 is 5.32 Å². The van der Waals surface area contributed by atoms with Crippen LogP contribution in [0, 0.1) is 0 Å². The van der Waals surface area contributed by atoms with Crippen molar-refractivity contribution in [3.8, 4) is 0 Å². The Morgan fingerprint density at radius 3 is 2.11 bits per heavy atom. The molecule has 1 atom stereocenters. The molecule has 3 nitrogen and oxygen atoms in total. The fourth-order valence-corrected chi connectivity index (χ4v) is 4.59. The molecule has 1 aliphatic rings. The number of carbonyl (C=O) groups is 1. The highest BCUT2D eigenvalue weighted by molar-refractivity contribution is 8.14. The van der Waals surface area contributed by atoms with Crippen molar-refractivity contribution in [2.45, 2.75) is 90.0 Å². The predicted molar refractivity (Wildman–Crippen MR) is 123 cm³/mol. The minimum absolute atomic E-state index is 0.0847. The van der Waals surface area contributed by atoms with Crippen LogP contribution in [-0.4, -0.2) is 29.3 Å². The second-order valence-electron chi connectivity index (χ2n) is 7.81. The van der Waals surface area contributed by atoms with E-state index in [1.807, 2.05) is 18.2 Å². The van der Waals surface area contributed by atoms with Crippen molar-refractivity contribution in [1.82, 2.24) is 5.32 Å². The molecular formula is C24H38N2OS. The summed E-state index contributed by atoms with van der Waals surface area (Å²) in [6.45, 7) is 3.06. The Kier molecular flexibility index (Phi) is 12.0. The molecule has 1 aromatic carbocycles. The Labute approximate surface area is 176 Å². The molecule has 0 saturated heterocycles. The van der Waals surface area contributed by atoms with Gasteiger partial charge in [0.1, 0.15) is 6.04 Å². The monoisotopic (exact) mass is 402 g/mol. The lowest BCUT2D eigenvalue weighted by atomic mass is 10.1. The third-order valence-electron chi connectivity index (χ3n) is 5.30. The lowest BCUT2D eigenvalue weighted by Gasteiger charge is -2.08. The van der Waals surface area contributed by atoms with E-state index in [1.165, 1.54) is 70.6 Å². The first-order chi connectivity index (χ1) is 13.8. The maximum absolute atomic E-state index is 12.3. The van der Waals surface area contributed by atoms with Crippen LogP contribution in [0.15, 0.2) is 35.3 Å². The predicted octanol–water partition coefficient (Wildman–Crippen LogP) is 6.37. The number of aliphatic imine (C=N–C) groups is 1. The number of nitrogens with one attached hydrogen (secondary N) is 1. The van der Waals surface area contributed by atoms with E-state index in [9.17, 15) is 4.79 Å². The first-order valence-corrected chi connectivity index (χ1v) is 12.3. The molecule has 0 aromatic heterocycles. The molecule has 1 aromatic rings. The van der Waals surface area contributed by atoms with Gasteiger partial charge in [0.05, 0.1) is 5.04 Å². The van der Waals surface area contributed by atoms with Gasteiger partial charge in [0.25, 0.3) is 0 Å². The quantitative estimate of drug-likeness (QED) is 0.346. The highest BCUT2D eigenvalue weighted by Gasteiger charge is 2.25. The van der Waals surface area contributed by atoms with Crippen LogP contribution in [0.25, 0.3) is 0 Å². The maximum Gasteiger partial charge on any atom is 0.245 e. The molecule has 1 amide bonds. The Hall–Kier alpha value is -1.29. The summed E-state index contributed by atoms with van der Waals surface area (Å²) < 4.78 is 0. The minimum Gasteiger partial charge on any atom is -0.354 e. The molecular weight excluding hydrogens is 364 g/mol. The number of rotatable bonds is 15. The molecule has 0 radical (unpaired) electrons. The van der Waals surface area contributed by atoms with E-state index in [0.717, 1.165) is 29.3 Å². The number of carbonyl (C=O) groups excluding carboxylic acids is 1. The van der Waals surface area contributed by atoms with Gasteiger partial charge in [-0.1, -0.05) is 108 Å². The fraction of sp³-hybridized carbons (Fsp3) is 0.667. The molecule has 28 heavy (non-hydrogen) atoms. The standard InChI is InChI=1S/C24H38N2OS/c1-2-3-4-5-6-7-8-9-10-11-12-16-19-25-23(27)22-20-28-24(26-22)21-17-14-13-15-18-21/h13-15,17-18,22H,2-12,16,19-20H2,1H3,(H,25,27)/t22-/m0/s1. The van der Waals surface area contributed by atoms with Crippen molar-refractivity contribution in [3.63, 3.8) is 0 Å². The number of hydrogen-bond acceptors (Lipinski definition) is 3. The summed E-state index contributed by atoms with van der Waals surface area (Å²) >= 11 is 1.68. The third kappa shape index (κ3) is 9.27. The van der Waals surface area contributed by atoms with Gasteiger partial charge >= 0.3 is 0 Å². The summed E-state index contributed by atoms with van der Waals surface area (Å²) in [7, 11) is 0. The zero-order valence-electron chi connectivity index (χ0n) is 17.6. The van der Waals surface area contributed by atoms with Gasteiger partial charge in [0.2, 0.25) is 5.91 Å². The molecule has 1 heterocycles. The largest absolute Gasteiger partial charge is 0.354 e. The van der Waals surface area contributed by atoms with Crippen LogP contribution in [0.3, 0.4) is 0 Å². The molecule has 0 unspecified atom stereocenters. The summed E-state index contributed by atoms with van der Waals surface area (Å²) in [5.41, 5.74) is 1.11. The van der Waals surface area contributed by atoms with E-state index < -0.39 is 0 Å². The molecule has 156 valence electrons. The van der Waals surface area contributed by atoms with Crippen molar-refractivity contribution < 1.29 is 4.79 Å². The van der Waals surface area contributed by atoms with Crippen LogP contribution in [0.1, 0.15) is 89.5 Å². The van der Waals surface area contributed by atoms with Crippen LogP contribution in [0.5, 0.6) is 0 Å². The maximum atomic E-state index is 12.3. The van der Waals surface area contributed by atoms with Crippen molar-refractivity contribution in [2.24, 2.45) is 4.99 Å². The van der Waals surface area contributed by atoms with Gasteiger partial charge in [-0.25, -0.2) is 0 Å². The van der Waals surface area contributed by atoms with Crippen molar-refractivity contribution >= 4 is 22.7 Å². The molecule has 4 heteroatoms. The number of amides is 1. The molecule has 0 aliphatic carbocycles. The topological polar surface area (TPSA) is 41.5 Å². The second-order valence-corrected chi connectivity index (χ2v) is 8.82. The fourth-order valence-electron chi connectivity index (χ4n) is 3.54. The number of unbranched alkanes of at least 4 members (excludes halogenated alkanes) is 11. The van der Waals surface area contributed by atoms with Gasteiger partial charge in [-0.05, 0) is 6.42 Å². The molecule has 1 N–H and O–H groups in total. The van der Waals surface area contributed by atoms with Crippen molar-refractivity contribution in [3.05, 3.63) is 35.9 Å². The number of nitrogens with zero attached hydrogens (tertiary/aromatic N) is 1. The Morgan fingerprint density at radius 2 is 1.50 bits per heavy atom. The summed E-state index contributed by atoms with van der Waals surface area (Å²) in [6.07, 6.45) is 16.1. The first kappa shape index (κ1) is 23.0. The van der Waals surface area contributed by atoms with E-state index >= 15 is 0 Å². The number of benzene rings is 1. The lowest BCUT2D eigenvalue weighted by Crippen LogP contribution is -2.34. The van der Waals surface area contributed by atoms with Gasteiger partial charge in [0, 0.05) is 17.9 Å². The highest BCUT2D eigenvalue weighted by Crippen LogP contribution is 2.23. The molecule has 0 saturated carbocycles. The molecule has 1 aliphatic heterocycles. The van der Waals surface area contributed by atoms with Crippen LogP contribution in [-0.2, 0) is 4.79 Å². The third-order valence-corrected chi connectivity index (χ3v) is 6.40. The normalized spacial score (nSPS) is 16.2. The van der Waals surface area contributed by atoms with Crippen LogP contribution in [0.2, 0.25) is 0 Å². The first-order valence-electron chi connectivity index (χ1n) is 11.3. The van der Waals surface area contributed by atoms with E-state index in [-0.39, 0.29) is 11.9 Å². The van der Waals surface area contributed by atoms with Crippen LogP contribution >= 0.6 is 11.8 Å². The van der Waals surface area contributed by atoms with E-state index in [1.54, 1.807) is 11.8 Å². The highest BCUT2D eigenvalue weighted by atomic mass is 32.2. The van der Waals surface area contributed by atoms with Crippen molar-refractivity contribution in [1.29, 1.82) is 0 Å². The molecule has 0 spiro atoms. The van der Waals surface area contributed by atoms with E-state index in [4.69, 9.17) is 0 Å². The Morgan fingerprint density at radius 1 is 0.929 bits per heavy atom. The Balaban J connectivity index is 1.44. The van der Waals surface area contributed by atoms with Crippen molar-refractivity contribution in [2.75, 3.05) is 12.3 Å². The molecule has 0 fully saturated rings. The zero-order valence-corrected chi connectivity index (χ0v) is 18.4. The summed E-state index contributed by atoms with van der Waals surface area (Å²) in [5, 5.41) is 4.06. The average Bonchev–Trinajstić information content (AvgIpc) is 3.22. The number of thioether (sulfide) groups is 1. The average molecular weight is 403 g/mol. The zero-order chi connectivity index (χ0) is 19.9. The SMILES string of the molecule is CCCCCCCCCCCCCCNC(=O)[C@@H]1CSC(c2ccccc2)=N1. The lowest BCUT2D eigenvalue weighted by molar-refractivity contribution is -0.121. The number of hydrogen-bond donors (Lipinski definition) is 1. The van der Waals surface area contributed by atoms with Gasteiger partial charge in [-0.2, -0.15) is 0 Å². The summed E-state index contributed by atoms with van der Waals surface area (Å²) in [4.78, 5) is 16.9. The van der Waals surface area contributed by atoms with Gasteiger partial charge < -0.3 is 5.32 Å². The summed E-state index contributed by atoms with van der Waals surface area (Å²) in [5.74, 6) is 0.843. The summed E-state index contributed by atoms with van der Waals surface area (Å²) in [6, 6.07) is 9.91. The second kappa shape index (κ2) is 14.7. The van der Waals surface area contributed by atoms with Gasteiger partial charge in [0.15, 0.2) is 0 Å².